The third kappa shape index (κ3) is 6.53. The molecular formula is C17H29NO3. The summed E-state index contributed by atoms with van der Waals surface area (Å²) in [6.07, 6.45) is 10.8. The number of hydrogen-bond acceptors (Lipinski definition) is 4. The lowest BCUT2D eigenvalue weighted by molar-refractivity contribution is -0.00188. The molecule has 0 aromatic carbocycles. The number of hydrogen-bond donors (Lipinski definition) is 1. The fourth-order valence-electron chi connectivity index (χ4n) is 2.78. The number of allylic oxidation sites excluding steroid dienone is 2. The average Bonchev–Trinajstić information content (AvgIpc) is 2.48. The number of aliphatic hydroxyl groups is 1. The lowest BCUT2D eigenvalue weighted by Crippen LogP contribution is -2.31. The Morgan fingerprint density at radius 3 is 2.76 bits per heavy atom. The summed E-state index contributed by atoms with van der Waals surface area (Å²) in [5.74, 6) is 0.0187. The van der Waals surface area contributed by atoms with Crippen LogP contribution in [0.5, 0.6) is 0 Å². The van der Waals surface area contributed by atoms with Gasteiger partial charge in [-0.25, -0.2) is 0 Å². The van der Waals surface area contributed by atoms with Crippen molar-refractivity contribution in [2.45, 2.75) is 70.6 Å². The Bertz CT molecular complexity index is 365. The van der Waals surface area contributed by atoms with Gasteiger partial charge in [-0.05, 0) is 39.0 Å². The monoisotopic (exact) mass is 295 g/mol. The Morgan fingerprint density at radius 2 is 2.10 bits per heavy atom. The molecule has 1 N–H and O–H groups in total. The van der Waals surface area contributed by atoms with Crippen molar-refractivity contribution in [3.63, 3.8) is 0 Å². The molecule has 4 heteroatoms. The zero-order valence-electron chi connectivity index (χ0n) is 13.5. The maximum absolute atomic E-state index is 10.9. The minimum Gasteiger partial charge on any atom is -0.389 e. The maximum Gasteiger partial charge on any atom is 0.102 e. The highest BCUT2D eigenvalue weighted by Gasteiger charge is 2.21. The predicted molar refractivity (Wildman–Crippen MR) is 86.1 cm³/mol. The van der Waals surface area contributed by atoms with Crippen LogP contribution < -0.4 is 0 Å². The van der Waals surface area contributed by atoms with Gasteiger partial charge in [0.1, 0.15) is 6.10 Å². The van der Waals surface area contributed by atoms with E-state index in [1.807, 2.05) is 13.0 Å². The van der Waals surface area contributed by atoms with Crippen molar-refractivity contribution in [3.8, 4) is 0 Å². The first-order valence-corrected chi connectivity index (χ1v) is 7.95. The van der Waals surface area contributed by atoms with Crippen molar-refractivity contribution in [2.24, 2.45) is 11.1 Å². The number of nitroso groups, excluding NO2 is 1. The predicted octanol–water partition coefficient (Wildman–Crippen LogP) is 3.99. The van der Waals surface area contributed by atoms with Gasteiger partial charge in [-0.15, -0.1) is 0 Å². The first-order valence-electron chi connectivity index (χ1n) is 7.95. The molecule has 0 amide bonds. The van der Waals surface area contributed by atoms with E-state index in [-0.39, 0.29) is 18.1 Å². The molecule has 1 aliphatic carbocycles. The molecule has 0 saturated carbocycles. The van der Waals surface area contributed by atoms with Crippen LogP contribution in [0, 0.1) is 10.8 Å². The summed E-state index contributed by atoms with van der Waals surface area (Å²) in [6.45, 7) is 4.05. The van der Waals surface area contributed by atoms with E-state index >= 15 is 0 Å². The van der Waals surface area contributed by atoms with Gasteiger partial charge in [-0.3, -0.25) is 0 Å². The lowest BCUT2D eigenvalue weighted by atomic mass is 9.93. The number of methoxy groups -OCH3 is 1. The summed E-state index contributed by atoms with van der Waals surface area (Å²) in [5, 5.41) is 13.6. The van der Waals surface area contributed by atoms with E-state index in [1.165, 1.54) is 5.57 Å². The maximum atomic E-state index is 10.9. The molecule has 1 rings (SSSR count). The molecule has 21 heavy (non-hydrogen) atoms. The van der Waals surface area contributed by atoms with E-state index < -0.39 is 6.10 Å². The SMILES string of the molecule is CO[C@H]1C=CCCCCC(N=O)CCC(C)=CC(C)[C@@H]1O. The molecule has 0 aromatic rings. The molecule has 1 aliphatic rings. The molecule has 0 aromatic heterocycles. The van der Waals surface area contributed by atoms with Crippen LogP contribution in [0.1, 0.15) is 52.4 Å². The normalized spacial score (nSPS) is 33.0. The first-order chi connectivity index (χ1) is 10.1. The van der Waals surface area contributed by atoms with Gasteiger partial charge in [0, 0.05) is 13.0 Å². The van der Waals surface area contributed by atoms with E-state index in [1.54, 1.807) is 7.11 Å². The second-order valence-electron chi connectivity index (χ2n) is 6.07. The summed E-state index contributed by atoms with van der Waals surface area (Å²) in [6, 6.07) is -0.0766. The summed E-state index contributed by atoms with van der Waals surface area (Å²) < 4.78 is 5.38. The van der Waals surface area contributed by atoms with Gasteiger partial charge in [0.05, 0.1) is 12.1 Å². The molecule has 4 nitrogen and oxygen atoms in total. The zero-order valence-corrected chi connectivity index (χ0v) is 13.5. The van der Waals surface area contributed by atoms with Gasteiger partial charge in [0.2, 0.25) is 0 Å². The Balaban J connectivity index is 2.79. The van der Waals surface area contributed by atoms with Gasteiger partial charge in [-0.2, -0.15) is 4.91 Å². The number of nitrogens with zero attached hydrogens (tertiary/aromatic N) is 1. The third-order valence-corrected chi connectivity index (χ3v) is 4.20. The summed E-state index contributed by atoms with van der Waals surface area (Å²) >= 11 is 0. The second-order valence-corrected chi connectivity index (χ2v) is 6.07. The zero-order chi connectivity index (χ0) is 15.7. The molecule has 2 unspecified atom stereocenters. The Hall–Kier alpha value is -1.00. The fraction of sp³-hybridized carbons (Fsp3) is 0.765. The van der Waals surface area contributed by atoms with Crippen LogP contribution in [0.15, 0.2) is 29.0 Å². The van der Waals surface area contributed by atoms with Crippen LogP contribution in [0.25, 0.3) is 0 Å². The highest BCUT2D eigenvalue weighted by Crippen LogP contribution is 2.20. The van der Waals surface area contributed by atoms with Crippen LogP contribution in [0.3, 0.4) is 0 Å². The number of rotatable bonds is 2. The molecule has 0 radical (unpaired) electrons. The van der Waals surface area contributed by atoms with E-state index in [0.717, 1.165) is 38.5 Å². The molecule has 0 bridgehead atoms. The van der Waals surface area contributed by atoms with E-state index in [0.29, 0.717) is 0 Å². The molecule has 4 atom stereocenters. The standard InChI is InChI=1S/C17H29NO3/c1-13-10-11-15(18-20)8-6-4-5-7-9-16(21-3)17(19)14(2)12-13/h7,9,12,14-17,19H,4-6,8,10-11H2,1-3H3/t14?,15?,16-,17-/m0/s1. The molecule has 0 spiro atoms. The van der Waals surface area contributed by atoms with Crippen LogP contribution >= 0.6 is 0 Å². The topological polar surface area (TPSA) is 58.9 Å². The number of ether oxygens (including phenoxy) is 1. The fourth-order valence-corrected chi connectivity index (χ4v) is 2.78. The Labute approximate surface area is 128 Å². The molecule has 0 aliphatic heterocycles. The van der Waals surface area contributed by atoms with E-state index in [2.05, 4.69) is 24.3 Å². The average molecular weight is 295 g/mol. The van der Waals surface area contributed by atoms with Gasteiger partial charge in [-0.1, -0.05) is 42.3 Å². The number of aliphatic hydroxyl groups excluding tert-OH is 1. The van der Waals surface area contributed by atoms with Crippen molar-refractivity contribution in [1.29, 1.82) is 0 Å². The third-order valence-electron chi connectivity index (χ3n) is 4.20. The van der Waals surface area contributed by atoms with Crippen molar-refractivity contribution in [1.82, 2.24) is 0 Å². The van der Waals surface area contributed by atoms with Crippen LogP contribution in [-0.2, 0) is 4.74 Å². The smallest absolute Gasteiger partial charge is 0.102 e. The van der Waals surface area contributed by atoms with Crippen molar-refractivity contribution >= 4 is 0 Å². The molecule has 120 valence electrons. The quantitative estimate of drug-likeness (QED) is 0.619. The van der Waals surface area contributed by atoms with Gasteiger partial charge >= 0.3 is 0 Å². The summed E-state index contributed by atoms with van der Waals surface area (Å²) in [7, 11) is 1.63. The molecule has 0 fully saturated rings. The van der Waals surface area contributed by atoms with Crippen molar-refractivity contribution in [3.05, 3.63) is 28.7 Å². The van der Waals surface area contributed by atoms with Crippen molar-refractivity contribution in [2.75, 3.05) is 7.11 Å². The molecule has 0 saturated heterocycles. The summed E-state index contributed by atoms with van der Waals surface area (Å²) in [5.41, 5.74) is 1.20. The van der Waals surface area contributed by atoms with Crippen LogP contribution in [-0.4, -0.2) is 30.5 Å². The van der Waals surface area contributed by atoms with E-state index in [9.17, 15) is 10.0 Å². The van der Waals surface area contributed by atoms with Crippen molar-refractivity contribution < 1.29 is 9.84 Å². The van der Waals surface area contributed by atoms with E-state index in [4.69, 9.17) is 4.74 Å². The minimum absolute atomic E-state index is 0.0187. The van der Waals surface area contributed by atoms with Gasteiger partial charge in [0.25, 0.3) is 0 Å². The lowest BCUT2D eigenvalue weighted by Gasteiger charge is -2.23. The highest BCUT2D eigenvalue weighted by molar-refractivity contribution is 5.06. The van der Waals surface area contributed by atoms with Gasteiger partial charge in [0.15, 0.2) is 0 Å². The Morgan fingerprint density at radius 1 is 1.33 bits per heavy atom. The Kier molecular flexibility index (Phi) is 8.47. The molecular weight excluding hydrogens is 266 g/mol. The largest absolute Gasteiger partial charge is 0.389 e. The first kappa shape index (κ1) is 18.1. The van der Waals surface area contributed by atoms with Crippen LogP contribution in [0.2, 0.25) is 0 Å². The summed E-state index contributed by atoms with van der Waals surface area (Å²) in [4.78, 5) is 10.9. The van der Waals surface area contributed by atoms with Gasteiger partial charge < -0.3 is 9.84 Å². The minimum atomic E-state index is -0.552. The molecule has 0 heterocycles. The highest BCUT2D eigenvalue weighted by atomic mass is 16.5. The van der Waals surface area contributed by atoms with Crippen LogP contribution in [0.4, 0.5) is 0 Å². The second kappa shape index (κ2) is 9.85.